The second-order valence-electron chi connectivity index (χ2n) is 5.22. The van der Waals surface area contributed by atoms with Crippen molar-refractivity contribution in [2.75, 3.05) is 38.2 Å². The topological polar surface area (TPSA) is 50.8 Å². The molecular weight excluding hydrogens is 304 g/mol. The van der Waals surface area contributed by atoms with Crippen LogP contribution in [-0.4, -0.2) is 49.9 Å². The third-order valence-corrected chi connectivity index (χ3v) is 3.76. The first-order valence-corrected chi connectivity index (χ1v) is 8.07. The number of rotatable bonds is 6. The number of piperidine rings is 1. The number of nitrogens with one attached hydrogen (secondary N) is 1. The average molecular weight is 327 g/mol. The molecule has 0 saturated carbocycles. The molecule has 0 aliphatic carbocycles. The molecular formula is C16H23ClN2O3. The minimum Gasteiger partial charge on any atom is -0.379 e. The SMILES string of the molecule is CCOCCO[C@@H]1CCCN(C(=O)Nc2cccc(Cl)c2)C1. The largest absolute Gasteiger partial charge is 0.379 e. The molecule has 5 nitrogen and oxygen atoms in total. The number of anilines is 1. The van der Waals surface area contributed by atoms with Crippen molar-refractivity contribution in [3.63, 3.8) is 0 Å². The van der Waals surface area contributed by atoms with E-state index in [2.05, 4.69) is 5.32 Å². The normalized spacial score (nSPS) is 18.3. The van der Waals surface area contributed by atoms with Crippen molar-refractivity contribution in [3.8, 4) is 0 Å². The first-order valence-electron chi connectivity index (χ1n) is 7.70. The highest BCUT2D eigenvalue weighted by atomic mass is 35.5. The molecule has 1 N–H and O–H groups in total. The van der Waals surface area contributed by atoms with Gasteiger partial charge in [0.15, 0.2) is 0 Å². The number of likely N-dealkylation sites (tertiary alicyclic amines) is 1. The summed E-state index contributed by atoms with van der Waals surface area (Å²) in [4.78, 5) is 14.1. The molecule has 0 unspecified atom stereocenters. The first kappa shape index (κ1) is 17.1. The van der Waals surface area contributed by atoms with Gasteiger partial charge in [-0.05, 0) is 38.0 Å². The van der Waals surface area contributed by atoms with Crippen molar-refractivity contribution in [3.05, 3.63) is 29.3 Å². The van der Waals surface area contributed by atoms with Gasteiger partial charge in [0.05, 0.1) is 19.3 Å². The summed E-state index contributed by atoms with van der Waals surface area (Å²) in [5, 5.41) is 3.48. The smallest absolute Gasteiger partial charge is 0.321 e. The van der Waals surface area contributed by atoms with E-state index < -0.39 is 0 Å². The molecule has 1 aliphatic heterocycles. The number of ether oxygens (including phenoxy) is 2. The fraction of sp³-hybridized carbons (Fsp3) is 0.562. The molecule has 122 valence electrons. The maximum Gasteiger partial charge on any atom is 0.321 e. The second-order valence-corrected chi connectivity index (χ2v) is 5.65. The van der Waals surface area contributed by atoms with Crippen LogP contribution in [0.25, 0.3) is 0 Å². The molecule has 1 fully saturated rings. The van der Waals surface area contributed by atoms with Crippen LogP contribution in [0.15, 0.2) is 24.3 Å². The van der Waals surface area contributed by atoms with Gasteiger partial charge < -0.3 is 19.7 Å². The summed E-state index contributed by atoms with van der Waals surface area (Å²) in [7, 11) is 0. The summed E-state index contributed by atoms with van der Waals surface area (Å²) in [5.41, 5.74) is 0.705. The lowest BCUT2D eigenvalue weighted by Crippen LogP contribution is -2.45. The molecule has 2 rings (SSSR count). The van der Waals surface area contributed by atoms with Crippen molar-refractivity contribution in [1.82, 2.24) is 4.90 Å². The lowest BCUT2D eigenvalue weighted by Gasteiger charge is -2.32. The Morgan fingerprint density at radius 3 is 3.09 bits per heavy atom. The van der Waals surface area contributed by atoms with Gasteiger partial charge in [-0.2, -0.15) is 0 Å². The molecule has 1 aromatic rings. The quantitative estimate of drug-likeness (QED) is 0.815. The number of nitrogens with zero attached hydrogens (tertiary/aromatic N) is 1. The molecule has 1 heterocycles. The number of hydrogen-bond donors (Lipinski definition) is 1. The predicted molar refractivity (Wildman–Crippen MR) is 87.5 cm³/mol. The summed E-state index contributed by atoms with van der Waals surface area (Å²) in [6, 6.07) is 7.04. The van der Waals surface area contributed by atoms with Crippen molar-refractivity contribution >= 4 is 23.3 Å². The van der Waals surface area contributed by atoms with Crippen LogP contribution >= 0.6 is 11.6 Å². The summed E-state index contributed by atoms with van der Waals surface area (Å²) in [5.74, 6) is 0. The summed E-state index contributed by atoms with van der Waals surface area (Å²) < 4.78 is 11.0. The fourth-order valence-corrected chi connectivity index (χ4v) is 2.64. The van der Waals surface area contributed by atoms with E-state index in [-0.39, 0.29) is 12.1 Å². The van der Waals surface area contributed by atoms with Gasteiger partial charge >= 0.3 is 6.03 Å². The molecule has 22 heavy (non-hydrogen) atoms. The number of carbonyl (C=O) groups is 1. The Labute approximate surface area is 136 Å². The molecule has 6 heteroatoms. The Morgan fingerprint density at radius 1 is 1.45 bits per heavy atom. The van der Waals surface area contributed by atoms with Gasteiger partial charge in [0.25, 0.3) is 0 Å². The summed E-state index contributed by atoms with van der Waals surface area (Å²) in [6.07, 6.45) is 2.01. The van der Waals surface area contributed by atoms with Gasteiger partial charge in [-0.3, -0.25) is 0 Å². The molecule has 0 radical (unpaired) electrons. The number of benzene rings is 1. The lowest BCUT2D eigenvalue weighted by atomic mass is 10.1. The summed E-state index contributed by atoms with van der Waals surface area (Å²) in [6.45, 7) is 5.19. The molecule has 0 spiro atoms. The van der Waals surface area contributed by atoms with E-state index in [1.807, 2.05) is 19.1 Å². The van der Waals surface area contributed by atoms with E-state index in [4.69, 9.17) is 21.1 Å². The van der Waals surface area contributed by atoms with Gasteiger partial charge in [-0.25, -0.2) is 4.79 Å². The van der Waals surface area contributed by atoms with Crippen LogP contribution in [0, 0.1) is 0 Å². The van der Waals surface area contributed by atoms with Crippen LogP contribution in [0.1, 0.15) is 19.8 Å². The van der Waals surface area contributed by atoms with Gasteiger partial charge in [0.2, 0.25) is 0 Å². The van der Waals surface area contributed by atoms with Gasteiger partial charge in [-0.1, -0.05) is 17.7 Å². The zero-order valence-electron chi connectivity index (χ0n) is 12.9. The number of urea groups is 1. The monoisotopic (exact) mass is 326 g/mol. The Hall–Kier alpha value is -1.30. The van der Waals surface area contributed by atoms with E-state index in [1.165, 1.54) is 0 Å². The number of halogens is 1. The van der Waals surface area contributed by atoms with Crippen LogP contribution in [0.2, 0.25) is 5.02 Å². The van der Waals surface area contributed by atoms with Crippen molar-refractivity contribution in [1.29, 1.82) is 0 Å². The van der Waals surface area contributed by atoms with Crippen molar-refractivity contribution in [2.24, 2.45) is 0 Å². The Morgan fingerprint density at radius 2 is 2.32 bits per heavy atom. The maximum atomic E-state index is 12.3. The Balaban J connectivity index is 1.79. The average Bonchev–Trinajstić information content (AvgIpc) is 2.52. The summed E-state index contributed by atoms with van der Waals surface area (Å²) >= 11 is 5.92. The molecule has 2 amide bonds. The molecule has 1 aliphatic rings. The van der Waals surface area contributed by atoms with E-state index in [0.29, 0.717) is 37.1 Å². The highest BCUT2D eigenvalue weighted by molar-refractivity contribution is 6.30. The van der Waals surface area contributed by atoms with Crippen LogP contribution in [0.5, 0.6) is 0 Å². The number of amides is 2. The van der Waals surface area contributed by atoms with Crippen LogP contribution in [0.3, 0.4) is 0 Å². The molecule has 1 atom stereocenters. The maximum absolute atomic E-state index is 12.3. The molecule has 0 aromatic heterocycles. The second kappa shape index (κ2) is 8.98. The minimum absolute atomic E-state index is 0.0827. The third kappa shape index (κ3) is 5.48. The van der Waals surface area contributed by atoms with Crippen molar-refractivity contribution in [2.45, 2.75) is 25.9 Å². The Kier molecular flexibility index (Phi) is 6.96. The minimum atomic E-state index is -0.111. The Bertz CT molecular complexity index is 484. The van der Waals surface area contributed by atoms with Crippen LogP contribution in [0.4, 0.5) is 10.5 Å². The lowest BCUT2D eigenvalue weighted by molar-refractivity contribution is -0.0181. The van der Waals surface area contributed by atoms with E-state index >= 15 is 0 Å². The molecule has 1 saturated heterocycles. The van der Waals surface area contributed by atoms with Crippen molar-refractivity contribution < 1.29 is 14.3 Å². The number of hydrogen-bond acceptors (Lipinski definition) is 3. The first-order chi connectivity index (χ1) is 10.7. The van der Waals surface area contributed by atoms with Crippen LogP contribution in [-0.2, 0) is 9.47 Å². The van der Waals surface area contributed by atoms with Gasteiger partial charge in [-0.15, -0.1) is 0 Å². The zero-order chi connectivity index (χ0) is 15.8. The predicted octanol–water partition coefficient (Wildman–Crippen LogP) is 3.39. The number of carbonyl (C=O) groups excluding carboxylic acids is 1. The molecule has 0 bridgehead atoms. The van der Waals surface area contributed by atoms with E-state index in [0.717, 1.165) is 19.4 Å². The zero-order valence-corrected chi connectivity index (χ0v) is 13.6. The van der Waals surface area contributed by atoms with E-state index in [1.54, 1.807) is 17.0 Å². The molecule has 1 aromatic carbocycles. The van der Waals surface area contributed by atoms with Gasteiger partial charge in [0, 0.05) is 30.4 Å². The fourth-order valence-electron chi connectivity index (χ4n) is 2.45. The van der Waals surface area contributed by atoms with E-state index in [9.17, 15) is 4.79 Å². The van der Waals surface area contributed by atoms with Gasteiger partial charge in [0.1, 0.15) is 0 Å². The highest BCUT2D eigenvalue weighted by Gasteiger charge is 2.24. The third-order valence-electron chi connectivity index (χ3n) is 3.53. The van der Waals surface area contributed by atoms with Crippen LogP contribution < -0.4 is 5.32 Å². The standard InChI is InChI=1S/C16H23ClN2O3/c1-2-21-9-10-22-15-7-4-8-19(12-15)16(20)18-14-6-3-5-13(17)11-14/h3,5-6,11,15H,2,4,7-10,12H2,1H3,(H,18,20)/t15-/m1/s1. The highest BCUT2D eigenvalue weighted by Crippen LogP contribution is 2.18.